The molecule has 0 bridgehead atoms. The van der Waals surface area contributed by atoms with E-state index in [1.807, 2.05) is 12.1 Å². The van der Waals surface area contributed by atoms with E-state index >= 15 is 35.1 Å². The molecule has 0 unspecified atom stereocenters. The highest BCUT2D eigenvalue weighted by molar-refractivity contribution is 7.94. The Morgan fingerprint density at radius 1 is 0.390 bits per heavy atom. The molecule has 0 radical (unpaired) electrons. The summed E-state index contributed by atoms with van der Waals surface area (Å²) in [7, 11) is -2.85. The van der Waals surface area contributed by atoms with Crippen molar-refractivity contribution in [2.75, 3.05) is 18.8 Å². The average Bonchev–Trinajstić information content (AvgIpc) is 3.17. The number of hydrogen-bond donors (Lipinski definition) is 0. The van der Waals surface area contributed by atoms with Gasteiger partial charge in [-0.05, 0) is 17.0 Å². The van der Waals surface area contributed by atoms with Crippen LogP contribution in [-0.2, 0) is 26.5 Å². The quantitative estimate of drug-likeness (QED) is 0.0565. The van der Waals surface area contributed by atoms with Gasteiger partial charge in [-0.25, -0.2) is 96.2 Å². The molecule has 0 atom stereocenters. The first-order chi connectivity index (χ1) is 27.1. The van der Waals surface area contributed by atoms with Gasteiger partial charge >= 0.3 is 0 Å². The molecule has 5 aromatic carbocycles. The van der Waals surface area contributed by atoms with Crippen molar-refractivity contribution in [1.29, 1.82) is 0 Å². The smallest absolute Gasteiger partial charge is 0.200 e. The highest BCUT2D eigenvalue weighted by Crippen LogP contribution is 2.31. The molecule has 0 fully saturated rings. The SMILES string of the molecule is C[S+](C)Cc1ccccc1S(C)(=O)=O.Fc1c(F)c(F)c([B-](c2c(F)c(F)c(F)c(F)c2F)(c2c(F)c(F)c(F)c(F)c2F)c2c(F)c(F)c(F)c(F)c2F)c(F)c1F. The molecule has 5 rings (SSSR count). The molecule has 0 saturated carbocycles. The van der Waals surface area contributed by atoms with E-state index in [2.05, 4.69) is 12.5 Å². The number of sulfone groups is 1. The zero-order chi connectivity index (χ0) is 45.1. The molecule has 59 heavy (non-hydrogen) atoms. The number of hydrogen-bond acceptors (Lipinski definition) is 2. The van der Waals surface area contributed by atoms with E-state index in [4.69, 9.17) is 0 Å². The van der Waals surface area contributed by atoms with Gasteiger partial charge < -0.3 is 0 Å². The minimum atomic E-state index is -7.22. The van der Waals surface area contributed by atoms with Crippen LogP contribution in [0.5, 0.6) is 0 Å². The van der Waals surface area contributed by atoms with Gasteiger partial charge in [0.25, 0.3) is 0 Å². The molecule has 0 aliphatic heterocycles. The molecular formula is C34H15BF20O2S2. The molecule has 0 aliphatic rings. The van der Waals surface area contributed by atoms with Crippen molar-refractivity contribution in [2.45, 2.75) is 10.6 Å². The van der Waals surface area contributed by atoms with Crippen LogP contribution >= 0.6 is 0 Å². The summed E-state index contributed by atoms with van der Waals surface area (Å²) in [6.45, 7) is 0. The van der Waals surface area contributed by atoms with Crippen molar-refractivity contribution in [2.24, 2.45) is 0 Å². The van der Waals surface area contributed by atoms with Crippen LogP contribution in [0.15, 0.2) is 29.2 Å². The summed E-state index contributed by atoms with van der Waals surface area (Å²) < 4.78 is 317. The van der Waals surface area contributed by atoms with Crippen LogP contribution in [-0.4, -0.2) is 33.3 Å². The summed E-state index contributed by atoms with van der Waals surface area (Å²) in [6, 6.07) is 7.22. The summed E-state index contributed by atoms with van der Waals surface area (Å²) >= 11 is 0. The van der Waals surface area contributed by atoms with E-state index < -0.39 is 154 Å². The third-order valence-electron chi connectivity index (χ3n) is 8.52. The van der Waals surface area contributed by atoms with Crippen LogP contribution < -0.4 is 21.9 Å². The Balaban J connectivity index is 0.000000464. The molecule has 318 valence electrons. The van der Waals surface area contributed by atoms with Gasteiger partial charge in [0.05, 0.1) is 17.4 Å². The average molecular weight is 910 g/mol. The predicted octanol–water partition coefficient (Wildman–Crippen LogP) is 7.31. The molecule has 0 heterocycles. The highest BCUT2D eigenvalue weighted by Gasteiger charge is 2.52. The minimum Gasteiger partial charge on any atom is -0.224 e. The second-order valence-electron chi connectivity index (χ2n) is 12.3. The van der Waals surface area contributed by atoms with Gasteiger partial charge in [-0.15, -0.1) is 21.9 Å². The lowest BCUT2D eigenvalue weighted by molar-refractivity contribution is 0.378. The van der Waals surface area contributed by atoms with Gasteiger partial charge in [0.1, 0.15) is 58.4 Å². The summed E-state index contributed by atoms with van der Waals surface area (Å²) in [5.41, 5.74) is -13.4. The minimum absolute atomic E-state index is 0.224. The van der Waals surface area contributed by atoms with Gasteiger partial charge in [0.15, 0.2) is 79.6 Å². The van der Waals surface area contributed by atoms with Gasteiger partial charge in [-0.2, -0.15) is 0 Å². The first kappa shape index (κ1) is 46.8. The Labute approximate surface area is 320 Å². The van der Waals surface area contributed by atoms with Crippen molar-refractivity contribution in [1.82, 2.24) is 0 Å². The van der Waals surface area contributed by atoms with Crippen LogP contribution in [0.1, 0.15) is 5.56 Å². The van der Waals surface area contributed by atoms with Crippen molar-refractivity contribution >= 4 is 48.7 Å². The van der Waals surface area contributed by atoms with Crippen LogP contribution in [0.2, 0.25) is 0 Å². The largest absolute Gasteiger partial charge is 0.224 e. The fourth-order valence-corrected chi connectivity index (χ4v) is 8.08. The molecular weight excluding hydrogens is 895 g/mol. The standard InChI is InChI=1S/C24BF20.C10H15O2S2/c26-5-1(6(27)14(35)21(42)13(5)34)25(2-7(28)15(36)22(43)16(37)8(2)29,3-9(30)17(38)23(44)18(39)10(3)31)4-11(32)19(40)24(45)20(41)12(4)33;1-13(2)8-9-6-4-5-7-10(9)14(3,11)12/h;4-7H,8H2,1-3H3/q-1;+1. The second-order valence-corrected chi connectivity index (χ2v) is 16.6. The molecule has 0 saturated heterocycles. The lowest BCUT2D eigenvalue weighted by Gasteiger charge is -2.44. The van der Waals surface area contributed by atoms with Crippen LogP contribution in [0, 0.1) is 116 Å². The summed E-state index contributed by atoms with van der Waals surface area (Å²) in [4.78, 5) is 0.473. The fraction of sp³-hybridized carbons (Fsp3) is 0.118. The van der Waals surface area contributed by atoms with E-state index in [-0.39, 0.29) is 10.9 Å². The number of benzene rings is 5. The third-order valence-corrected chi connectivity index (χ3v) is 10.6. The monoisotopic (exact) mass is 910 g/mol. The van der Waals surface area contributed by atoms with Crippen molar-refractivity contribution in [3.8, 4) is 0 Å². The summed E-state index contributed by atoms with van der Waals surface area (Å²) in [5.74, 6) is -70.6. The molecule has 0 aromatic heterocycles. The van der Waals surface area contributed by atoms with E-state index in [1.165, 1.54) is 6.26 Å². The molecule has 2 nitrogen and oxygen atoms in total. The predicted molar refractivity (Wildman–Crippen MR) is 172 cm³/mol. The zero-order valence-corrected chi connectivity index (χ0v) is 30.4. The van der Waals surface area contributed by atoms with Crippen LogP contribution in [0.4, 0.5) is 87.8 Å². The van der Waals surface area contributed by atoms with Gasteiger partial charge in [0, 0.05) is 11.8 Å². The Morgan fingerprint density at radius 2 is 0.593 bits per heavy atom. The summed E-state index contributed by atoms with van der Waals surface area (Å²) in [6.07, 6.45) is -1.74. The highest BCUT2D eigenvalue weighted by atomic mass is 32.2. The molecule has 0 aliphatic carbocycles. The molecule has 0 N–H and O–H groups in total. The molecule has 5 aromatic rings. The zero-order valence-electron chi connectivity index (χ0n) is 28.8. The van der Waals surface area contributed by atoms with Gasteiger partial charge in [-0.1, -0.05) is 18.2 Å². The number of rotatable bonds is 7. The van der Waals surface area contributed by atoms with Crippen molar-refractivity contribution < 1.29 is 96.2 Å². The lowest BCUT2D eigenvalue weighted by atomic mass is 9.12. The Kier molecular flexibility index (Phi) is 13.2. The second kappa shape index (κ2) is 16.6. The maximum absolute atomic E-state index is 15.4. The molecule has 25 heteroatoms. The molecule has 0 amide bonds. The van der Waals surface area contributed by atoms with Crippen molar-refractivity contribution in [3.05, 3.63) is 146 Å². The van der Waals surface area contributed by atoms with E-state index in [9.17, 15) is 61.1 Å². The Bertz CT molecular complexity index is 2270. The Morgan fingerprint density at radius 3 is 0.797 bits per heavy atom. The van der Waals surface area contributed by atoms with Crippen LogP contribution in [0.3, 0.4) is 0 Å². The van der Waals surface area contributed by atoms with E-state index in [1.54, 1.807) is 12.1 Å². The summed E-state index contributed by atoms with van der Waals surface area (Å²) in [5, 5.41) is 0. The van der Waals surface area contributed by atoms with Crippen LogP contribution in [0.25, 0.3) is 0 Å². The van der Waals surface area contributed by atoms with Gasteiger partial charge in [0.2, 0.25) is 0 Å². The number of halogens is 20. The van der Waals surface area contributed by atoms with E-state index in [0.717, 1.165) is 11.3 Å². The van der Waals surface area contributed by atoms with Crippen molar-refractivity contribution in [3.63, 3.8) is 0 Å². The van der Waals surface area contributed by atoms with E-state index in [0.29, 0.717) is 4.90 Å². The Hall–Kier alpha value is -4.94. The maximum atomic E-state index is 15.4. The molecule has 0 spiro atoms. The maximum Gasteiger partial charge on any atom is 0.200 e. The topological polar surface area (TPSA) is 34.1 Å². The normalized spacial score (nSPS) is 12.0. The fourth-order valence-electron chi connectivity index (χ4n) is 6.17. The first-order valence-electron chi connectivity index (χ1n) is 15.2. The van der Waals surface area contributed by atoms with Gasteiger partial charge in [-0.3, -0.25) is 0 Å². The lowest BCUT2D eigenvalue weighted by Crippen LogP contribution is -2.81. The first-order valence-corrected chi connectivity index (χ1v) is 19.3. The third kappa shape index (κ3) is 7.47.